The molecule has 0 aliphatic carbocycles. The average Bonchev–Trinajstić information content (AvgIpc) is 2.99. The number of phosphoric acid groups is 1. The van der Waals surface area contributed by atoms with Gasteiger partial charge in [-0.25, -0.2) is 14.4 Å². The van der Waals surface area contributed by atoms with Crippen molar-refractivity contribution < 1.29 is 52.0 Å². The molecule has 0 rings (SSSR count). The molecule has 0 fully saturated rings. The van der Waals surface area contributed by atoms with Crippen molar-refractivity contribution in [2.24, 2.45) is 0 Å². The molecule has 13 heteroatoms. The first-order chi connectivity index (χ1) is 23.0. The zero-order valence-corrected chi connectivity index (χ0v) is 35.0. The molecule has 0 spiro atoms. The molecular weight excluding hydrogens is 677 g/mol. The Morgan fingerprint density at radius 2 is 1.14 bits per heavy atom. The third kappa shape index (κ3) is 42.1. The number of likely N-dealkylation sites (N-methyl/N-ethyl adjacent to an activating group) is 1. The van der Waals surface area contributed by atoms with Gasteiger partial charge in [-0.15, -0.1) is 0 Å². The highest BCUT2D eigenvalue weighted by molar-refractivity contribution is 7.45. The molecule has 11 nitrogen and oxygen atoms in total. The lowest BCUT2D eigenvalue weighted by atomic mass is 10.1. The van der Waals surface area contributed by atoms with Gasteiger partial charge in [0.25, 0.3) is 7.82 Å². The van der Waals surface area contributed by atoms with Gasteiger partial charge in [0.1, 0.15) is 19.8 Å². The van der Waals surface area contributed by atoms with Gasteiger partial charge in [-0.1, -0.05) is 117 Å². The summed E-state index contributed by atoms with van der Waals surface area (Å²) in [6.45, 7) is 23.5. The summed E-state index contributed by atoms with van der Waals surface area (Å²) in [5, 5.41) is 8.55. The van der Waals surface area contributed by atoms with Crippen LogP contribution in [-0.4, -0.2) is 89.7 Å². The van der Waals surface area contributed by atoms with E-state index in [1.807, 2.05) is 21.1 Å². The summed E-state index contributed by atoms with van der Waals surface area (Å²) < 4.78 is 30.8. The summed E-state index contributed by atoms with van der Waals surface area (Å²) in [7, 11) is 0.472. The molecule has 0 heterocycles. The van der Waals surface area contributed by atoms with Gasteiger partial charge in [-0.05, 0) is 33.1 Å². The Balaban J connectivity index is -0.000000675. The molecule has 50 heavy (non-hydrogen) atoms. The second kappa shape index (κ2) is 30.5. The van der Waals surface area contributed by atoms with Gasteiger partial charge < -0.3 is 33.0 Å². The van der Waals surface area contributed by atoms with Gasteiger partial charge in [0.2, 0.25) is 0 Å². The zero-order valence-electron chi connectivity index (χ0n) is 33.1. The molecule has 294 valence electrons. The van der Waals surface area contributed by atoms with E-state index >= 15 is 0 Å². The predicted octanol–water partition coefficient (Wildman–Crippen LogP) is 8.48. The van der Waals surface area contributed by atoms with Crippen molar-refractivity contribution in [2.75, 3.05) is 54.1 Å². The van der Waals surface area contributed by atoms with Gasteiger partial charge in [0, 0.05) is 24.8 Å². The van der Waals surface area contributed by atoms with Crippen molar-refractivity contribution in [3.63, 3.8) is 0 Å². The first-order valence-corrected chi connectivity index (χ1v) is 23.2. The van der Waals surface area contributed by atoms with Crippen LogP contribution in [0.3, 0.4) is 0 Å². The minimum absolute atomic E-state index is 0.0375. The van der Waals surface area contributed by atoms with Crippen LogP contribution in [-0.2, 0) is 37.5 Å². The van der Waals surface area contributed by atoms with E-state index in [0.29, 0.717) is 35.2 Å². The highest BCUT2D eigenvalue weighted by Gasteiger charge is 2.14. The zero-order chi connectivity index (χ0) is 39.2. The lowest BCUT2D eigenvalue weighted by molar-refractivity contribution is -0.870. The number of nitrogens with zero attached hydrogens (tertiary/aromatic N) is 1. The molecular formula is C37H72NO10PSi. The molecule has 0 radical (unpaired) electrons. The number of aliphatic carboxylic acids is 1. The molecule has 1 unspecified atom stereocenters. The summed E-state index contributed by atoms with van der Waals surface area (Å²) in [5.74, 6) is -1.70. The van der Waals surface area contributed by atoms with E-state index in [2.05, 4.69) is 60.1 Å². The molecule has 1 atom stereocenters. The molecule has 0 aromatic heterocycles. The van der Waals surface area contributed by atoms with E-state index in [9.17, 15) is 23.8 Å². The number of hydrogen-bond donors (Lipinski definition) is 1. The van der Waals surface area contributed by atoms with Crippen molar-refractivity contribution in [3.05, 3.63) is 36.5 Å². The predicted molar refractivity (Wildman–Crippen MR) is 205 cm³/mol. The Kier molecular flexibility index (Phi) is 31.9. The van der Waals surface area contributed by atoms with Crippen LogP contribution < -0.4 is 4.89 Å². The number of phosphoric ester groups is 1. The number of hydrogen-bond acceptors (Lipinski definition) is 9. The SMILES string of the molecule is C=C(C)C(=O)OCCCCCCCCCCCC.C=C(C)C(=O)OCCOP(=O)([O-])OCC[N+](C)(C)C.C=C(CCCC[Si](C)(C)C)C(=O)O. The van der Waals surface area contributed by atoms with Crippen molar-refractivity contribution >= 4 is 33.8 Å². The van der Waals surface area contributed by atoms with Gasteiger partial charge >= 0.3 is 17.9 Å². The van der Waals surface area contributed by atoms with Crippen molar-refractivity contribution in [1.82, 2.24) is 0 Å². The van der Waals surface area contributed by atoms with E-state index < -0.39 is 27.8 Å². The number of unbranched alkanes of at least 4 members (excludes halogenated alkanes) is 10. The van der Waals surface area contributed by atoms with Crippen LogP contribution in [0, 0.1) is 0 Å². The highest BCUT2D eigenvalue weighted by Crippen LogP contribution is 2.37. The van der Waals surface area contributed by atoms with Crippen molar-refractivity contribution in [1.29, 1.82) is 0 Å². The van der Waals surface area contributed by atoms with Gasteiger partial charge in [0.15, 0.2) is 0 Å². The minimum Gasteiger partial charge on any atom is -0.756 e. The molecule has 0 amide bonds. The molecule has 0 aromatic carbocycles. The molecule has 0 aliphatic heterocycles. The quantitative estimate of drug-likeness (QED) is 0.0216. The average molecular weight is 750 g/mol. The van der Waals surface area contributed by atoms with Crippen LogP contribution >= 0.6 is 7.82 Å². The highest BCUT2D eigenvalue weighted by atomic mass is 31.2. The molecule has 0 aliphatic rings. The van der Waals surface area contributed by atoms with Crippen LogP contribution in [0.15, 0.2) is 36.5 Å². The lowest BCUT2D eigenvalue weighted by Crippen LogP contribution is -2.37. The fourth-order valence-corrected chi connectivity index (χ4v) is 5.84. The Morgan fingerprint density at radius 1 is 0.700 bits per heavy atom. The second-order valence-corrected chi connectivity index (χ2v) is 21.9. The van der Waals surface area contributed by atoms with Crippen LogP contribution in [0.25, 0.3) is 0 Å². The largest absolute Gasteiger partial charge is 0.756 e. The normalized spacial score (nSPS) is 12.3. The minimum atomic E-state index is -4.34. The Morgan fingerprint density at radius 3 is 1.56 bits per heavy atom. The summed E-state index contributed by atoms with van der Waals surface area (Å²) in [6, 6.07) is 1.28. The molecule has 1 N–H and O–H groups in total. The number of carboxylic acid groups (broad SMARTS) is 1. The number of quaternary nitrogens is 1. The fourth-order valence-electron chi connectivity index (χ4n) is 3.85. The molecule has 0 saturated carbocycles. The third-order valence-electron chi connectivity index (χ3n) is 6.96. The van der Waals surface area contributed by atoms with Crippen LogP contribution in [0.2, 0.25) is 25.7 Å². The molecule has 0 bridgehead atoms. The Labute approximate surface area is 305 Å². The topological polar surface area (TPSA) is 148 Å². The lowest BCUT2D eigenvalue weighted by Gasteiger charge is -2.27. The number of rotatable bonds is 27. The van der Waals surface area contributed by atoms with Crippen LogP contribution in [0.1, 0.15) is 104 Å². The monoisotopic (exact) mass is 749 g/mol. The molecule has 0 aromatic rings. The van der Waals surface area contributed by atoms with E-state index in [1.165, 1.54) is 70.8 Å². The molecule has 0 saturated heterocycles. The maximum absolute atomic E-state index is 11.3. The van der Waals surface area contributed by atoms with Gasteiger partial charge in [-0.2, -0.15) is 0 Å². The smallest absolute Gasteiger partial charge is 0.333 e. The summed E-state index contributed by atoms with van der Waals surface area (Å²) in [4.78, 5) is 43.8. The summed E-state index contributed by atoms with van der Waals surface area (Å²) in [6.07, 6.45) is 15.7. The maximum Gasteiger partial charge on any atom is 0.333 e. The number of ether oxygens (including phenoxy) is 2. The third-order valence-corrected chi connectivity index (χ3v) is 9.81. The van der Waals surface area contributed by atoms with E-state index in [0.717, 1.165) is 19.3 Å². The first kappa shape index (κ1) is 52.3. The number of esters is 2. The number of carbonyl (C=O) groups excluding carboxylic acids is 2. The maximum atomic E-state index is 11.3. The van der Waals surface area contributed by atoms with Crippen LogP contribution in [0.4, 0.5) is 0 Å². The van der Waals surface area contributed by atoms with E-state index in [4.69, 9.17) is 9.84 Å². The van der Waals surface area contributed by atoms with Crippen molar-refractivity contribution in [2.45, 2.75) is 130 Å². The second-order valence-electron chi connectivity index (χ2n) is 14.8. The van der Waals surface area contributed by atoms with Gasteiger partial charge in [-0.3, -0.25) is 4.57 Å². The van der Waals surface area contributed by atoms with Gasteiger partial charge in [0.05, 0.1) is 34.4 Å². The number of carbonyl (C=O) groups is 3. The van der Waals surface area contributed by atoms with Crippen molar-refractivity contribution in [3.8, 4) is 0 Å². The Hall–Kier alpha value is -2.08. The first-order valence-electron chi connectivity index (χ1n) is 18.0. The number of carboxylic acids is 1. The van der Waals surface area contributed by atoms with E-state index in [1.54, 1.807) is 6.92 Å². The summed E-state index contributed by atoms with van der Waals surface area (Å²) >= 11 is 0. The standard InChI is InChI=1S/C16H30O2.C11H22NO6P.C10H20O2Si/c1-4-5-6-7-8-9-10-11-12-13-14-18-16(17)15(2)3;1-10(2)11(13)16-8-9-18-19(14,15)17-7-6-12(3,4)5;1-9(10(11)12)7-5-6-8-13(2,3)4/h2,4-14H2,1,3H3;1,6-9H2,2-5H3;1,5-8H2,2-4H3,(H,11,12). The van der Waals surface area contributed by atoms with E-state index in [-0.39, 0.29) is 31.4 Å². The Bertz CT molecular complexity index is 1030. The summed E-state index contributed by atoms with van der Waals surface area (Å²) in [5.41, 5.74) is 1.07. The fraction of sp³-hybridized carbons (Fsp3) is 0.757. The van der Waals surface area contributed by atoms with Crippen LogP contribution in [0.5, 0.6) is 0 Å².